The third-order valence-corrected chi connectivity index (χ3v) is 5.17. The van der Waals surface area contributed by atoms with Crippen molar-refractivity contribution in [1.29, 1.82) is 0 Å². The van der Waals surface area contributed by atoms with E-state index in [4.69, 9.17) is 0 Å². The summed E-state index contributed by atoms with van der Waals surface area (Å²) in [5.74, 6) is -0.173. The predicted molar refractivity (Wildman–Crippen MR) is 110 cm³/mol. The quantitative estimate of drug-likeness (QED) is 0.505. The summed E-state index contributed by atoms with van der Waals surface area (Å²) in [7, 11) is 0. The number of aromatic nitrogens is 2. The van der Waals surface area contributed by atoms with Crippen molar-refractivity contribution in [3.05, 3.63) is 71.5 Å². The van der Waals surface area contributed by atoms with Gasteiger partial charge in [0.05, 0.1) is 10.9 Å². The van der Waals surface area contributed by atoms with Crippen molar-refractivity contribution in [1.82, 2.24) is 9.97 Å². The van der Waals surface area contributed by atoms with Gasteiger partial charge in [0.25, 0.3) is 0 Å². The molecular formula is C21H21F2N3O2S. The minimum Gasteiger partial charge on any atom is -0.435 e. The monoisotopic (exact) mass is 417 g/mol. The Balaban J connectivity index is 1.57. The maximum atomic E-state index is 12.4. The zero-order valence-electron chi connectivity index (χ0n) is 16.0. The lowest BCUT2D eigenvalue weighted by molar-refractivity contribution is -0.115. The lowest BCUT2D eigenvalue weighted by Crippen LogP contribution is -2.22. The fourth-order valence-corrected chi connectivity index (χ4v) is 3.54. The molecule has 1 unspecified atom stereocenters. The van der Waals surface area contributed by atoms with Crippen molar-refractivity contribution in [2.45, 2.75) is 37.3 Å². The van der Waals surface area contributed by atoms with Gasteiger partial charge in [-0.15, -0.1) is 0 Å². The molecule has 1 heterocycles. The molecule has 0 spiro atoms. The number of ether oxygens (including phenoxy) is 1. The van der Waals surface area contributed by atoms with E-state index >= 15 is 0 Å². The van der Waals surface area contributed by atoms with Crippen LogP contribution in [0.4, 0.5) is 14.5 Å². The van der Waals surface area contributed by atoms with Gasteiger partial charge in [-0.25, -0.2) is 4.98 Å². The molecule has 5 nitrogen and oxygen atoms in total. The number of nitrogens with zero attached hydrogens (tertiary/aromatic N) is 1. The number of hydrogen-bond donors (Lipinski definition) is 2. The van der Waals surface area contributed by atoms with Crippen molar-refractivity contribution in [2.75, 3.05) is 5.32 Å². The van der Waals surface area contributed by atoms with Crippen molar-refractivity contribution < 1.29 is 18.3 Å². The van der Waals surface area contributed by atoms with E-state index < -0.39 is 11.9 Å². The molecular weight excluding hydrogens is 396 g/mol. The molecule has 3 rings (SSSR count). The highest BCUT2D eigenvalue weighted by Gasteiger charge is 2.18. The Morgan fingerprint density at radius 3 is 2.52 bits per heavy atom. The number of H-pyrrole nitrogens is 1. The Bertz CT molecular complexity index is 946. The number of nitrogens with one attached hydrogen (secondary N) is 2. The SMILES string of the molecule is Cc1[nH]c(SC(C)C(=O)Nc2ccc(OC(F)F)cc2)nc1Cc1ccccc1. The average molecular weight is 417 g/mol. The molecule has 0 aliphatic rings. The van der Waals surface area contributed by atoms with Gasteiger partial charge < -0.3 is 15.0 Å². The van der Waals surface area contributed by atoms with Crippen LogP contribution in [0.25, 0.3) is 0 Å². The number of benzene rings is 2. The Labute approximate surface area is 171 Å². The van der Waals surface area contributed by atoms with Gasteiger partial charge in [-0.3, -0.25) is 4.79 Å². The lowest BCUT2D eigenvalue weighted by atomic mass is 10.1. The summed E-state index contributed by atoms with van der Waals surface area (Å²) in [6, 6.07) is 15.9. The Morgan fingerprint density at radius 2 is 1.86 bits per heavy atom. The number of hydrogen-bond acceptors (Lipinski definition) is 4. The van der Waals surface area contributed by atoms with E-state index in [-0.39, 0.29) is 11.7 Å². The minimum absolute atomic E-state index is 0.0393. The third-order valence-electron chi connectivity index (χ3n) is 4.18. The zero-order chi connectivity index (χ0) is 20.8. The number of alkyl halides is 2. The molecule has 2 aromatic carbocycles. The second kappa shape index (κ2) is 9.56. The Kier molecular flexibility index (Phi) is 6.87. The van der Waals surface area contributed by atoms with E-state index in [0.29, 0.717) is 10.8 Å². The van der Waals surface area contributed by atoms with Crippen molar-refractivity contribution in [3.8, 4) is 5.75 Å². The lowest BCUT2D eigenvalue weighted by Gasteiger charge is -2.11. The summed E-state index contributed by atoms with van der Waals surface area (Å²) < 4.78 is 28.7. The predicted octanol–water partition coefficient (Wildman–Crippen LogP) is 5.03. The molecule has 0 radical (unpaired) electrons. The number of amides is 1. The molecule has 2 N–H and O–H groups in total. The van der Waals surface area contributed by atoms with Crippen LogP contribution in [0.15, 0.2) is 59.8 Å². The molecule has 0 saturated carbocycles. The summed E-state index contributed by atoms with van der Waals surface area (Å²) in [6.07, 6.45) is 0.720. The molecule has 3 aromatic rings. The first-order valence-corrected chi connectivity index (χ1v) is 9.90. The molecule has 0 fully saturated rings. The number of rotatable bonds is 8. The number of carbonyl (C=O) groups excluding carboxylic acids is 1. The normalized spacial score (nSPS) is 12.0. The van der Waals surface area contributed by atoms with E-state index in [0.717, 1.165) is 17.8 Å². The number of imidazole rings is 1. The van der Waals surface area contributed by atoms with Gasteiger partial charge in [-0.1, -0.05) is 42.1 Å². The van der Waals surface area contributed by atoms with E-state index in [1.54, 1.807) is 6.92 Å². The van der Waals surface area contributed by atoms with Crippen LogP contribution in [0.3, 0.4) is 0 Å². The molecule has 8 heteroatoms. The van der Waals surface area contributed by atoms with Gasteiger partial charge in [0.15, 0.2) is 5.16 Å². The van der Waals surface area contributed by atoms with E-state index in [1.807, 2.05) is 25.1 Å². The Hall–Kier alpha value is -2.87. The zero-order valence-corrected chi connectivity index (χ0v) is 16.8. The minimum atomic E-state index is -2.88. The van der Waals surface area contributed by atoms with Crippen LogP contribution in [0.5, 0.6) is 5.75 Å². The summed E-state index contributed by atoms with van der Waals surface area (Å²) in [5, 5.41) is 3.04. The fourth-order valence-electron chi connectivity index (χ4n) is 2.67. The van der Waals surface area contributed by atoms with E-state index in [9.17, 15) is 13.6 Å². The second-order valence-electron chi connectivity index (χ2n) is 6.43. The summed E-state index contributed by atoms with van der Waals surface area (Å²) >= 11 is 1.33. The first kappa shape index (κ1) is 20.9. The maximum absolute atomic E-state index is 12.4. The van der Waals surface area contributed by atoms with Crippen LogP contribution < -0.4 is 10.1 Å². The van der Waals surface area contributed by atoms with E-state index in [2.05, 4.69) is 32.2 Å². The Morgan fingerprint density at radius 1 is 1.17 bits per heavy atom. The van der Waals surface area contributed by atoms with Crippen LogP contribution in [0, 0.1) is 6.92 Å². The molecule has 1 aromatic heterocycles. The van der Waals surface area contributed by atoms with Crippen LogP contribution >= 0.6 is 11.8 Å². The number of carbonyl (C=O) groups is 1. The molecule has 0 aliphatic heterocycles. The topological polar surface area (TPSA) is 67.0 Å². The van der Waals surface area contributed by atoms with Crippen LogP contribution in [-0.2, 0) is 11.2 Å². The first-order valence-electron chi connectivity index (χ1n) is 9.02. The number of thioether (sulfide) groups is 1. The number of aryl methyl sites for hydroxylation is 1. The molecule has 0 saturated heterocycles. The van der Waals surface area contributed by atoms with E-state index in [1.165, 1.54) is 41.6 Å². The third kappa shape index (κ3) is 6.05. The standard InChI is InChI=1S/C21H21F2N3O2S/c1-13-18(12-15-6-4-3-5-7-15)26-21(24-13)29-14(2)19(27)25-16-8-10-17(11-9-16)28-20(22)23/h3-11,14,20H,12H2,1-2H3,(H,24,26)(H,25,27). The molecule has 29 heavy (non-hydrogen) atoms. The van der Waals surface area contributed by atoms with Crippen molar-refractivity contribution >= 4 is 23.4 Å². The highest BCUT2D eigenvalue weighted by Crippen LogP contribution is 2.24. The summed E-state index contributed by atoms with van der Waals surface area (Å²) in [4.78, 5) is 20.3. The van der Waals surface area contributed by atoms with Crippen molar-refractivity contribution in [2.24, 2.45) is 0 Å². The second-order valence-corrected chi connectivity index (χ2v) is 7.76. The molecule has 152 valence electrons. The fraction of sp³-hybridized carbons (Fsp3) is 0.238. The van der Waals surface area contributed by atoms with Gasteiger partial charge in [0, 0.05) is 17.8 Å². The van der Waals surface area contributed by atoms with Crippen LogP contribution in [0.2, 0.25) is 0 Å². The van der Waals surface area contributed by atoms with Gasteiger partial charge in [0.1, 0.15) is 5.75 Å². The molecule has 1 atom stereocenters. The van der Waals surface area contributed by atoms with Gasteiger partial charge in [-0.05, 0) is 43.7 Å². The van der Waals surface area contributed by atoms with Gasteiger partial charge in [-0.2, -0.15) is 8.78 Å². The van der Waals surface area contributed by atoms with Crippen LogP contribution in [0.1, 0.15) is 23.9 Å². The summed E-state index contributed by atoms with van der Waals surface area (Å²) in [5.41, 5.74) is 3.59. The molecule has 0 bridgehead atoms. The van der Waals surface area contributed by atoms with Crippen molar-refractivity contribution in [3.63, 3.8) is 0 Å². The maximum Gasteiger partial charge on any atom is 0.387 e. The van der Waals surface area contributed by atoms with Gasteiger partial charge >= 0.3 is 6.61 Å². The molecule has 1 amide bonds. The number of anilines is 1. The summed E-state index contributed by atoms with van der Waals surface area (Å²) in [6.45, 7) is 0.863. The number of aromatic amines is 1. The first-order chi connectivity index (χ1) is 13.9. The molecule has 0 aliphatic carbocycles. The number of halogens is 2. The largest absolute Gasteiger partial charge is 0.435 e. The smallest absolute Gasteiger partial charge is 0.387 e. The highest BCUT2D eigenvalue weighted by molar-refractivity contribution is 8.00. The van der Waals surface area contributed by atoms with Gasteiger partial charge in [0.2, 0.25) is 5.91 Å². The average Bonchev–Trinajstić information content (AvgIpc) is 3.02. The van der Waals surface area contributed by atoms with Crippen LogP contribution in [-0.4, -0.2) is 27.7 Å². The highest BCUT2D eigenvalue weighted by atomic mass is 32.2.